The first-order valence-electron chi connectivity index (χ1n) is 6.91. The van der Waals surface area contributed by atoms with E-state index >= 15 is 0 Å². The number of nitrogens with zero attached hydrogens (tertiary/aromatic N) is 5. The van der Waals surface area contributed by atoms with Gasteiger partial charge in [0.1, 0.15) is 5.82 Å². The summed E-state index contributed by atoms with van der Waals surface area (Å²) in [4.78, 5) is 4.31. The van der Waals surface area contributed by atoms with Crippen molar-refractivity contribution >= 4 is 40.4 Å². The second-order valence-electron chi connectivity index (χ2n) is 5.16. The standard InChI is InChI=1S/C16H11BrFN5.Li.H/c1-22-9-10(8-20-22)15-4-5-19-16-7-14(21-23(15)16)12-3-2-11(17)6-13(12)18;;/h2-9H,1H3;;. The molecule has 4 aromatic rings. The monoisotopic (exact) mass is 379 g/mol. The summed E-state index contributed by atoms with van der Waals surface area (Å²) >= 11 is 3.26. The number of benzene rings is 1. The Morgan fingerprint density at radius 2 is 2.00 bits per heavy atom. The van der Waals surface area contributed by atoms with E-state index in [1.54, 1.807) is 39.8 Å². The zero-order valence-corrected chi connectivity index (χ0v) is 13.7. The molecular formula is C16H12BrFLiN5. The van der Waals surface area contributed by atoms with Crippen LogP contribution in [0.4, 0.5) is 4.39 Å². The zero-order chi connectivity index (χ0) is 16.0. The molecule has 8 heteroatoms. The van der Waals surface area contributed by atoms with Crippen molar-refractivity contribution in [3.05, 3.63) is 59.2 Å². The molecule has 0 aliphatic rings. The van der Waals surface area contributed by atoms with Gasteiger partial charge < -0.3 is 0 Å². The topological polar surface area (TPSA) is 48.0 Å². The summed E-state index contributed by atoms with van der Waals surface area (Å²) in [5.41, 5.74) is 3.41. The number of hydrogen-bond donors (Lipinski definition) is 0. The van der Waals surface area contributed by atoms with Crippen molar-refractivity contribution in [3.63, 3.8) is 0 Å². The van der Waals surface area contributed by atoms with Gasteiger partial charge in [0.05, 0.1) is 17.6 Å². The van der Waals surface area contributed by atoms with Gasteiger partial charge in [0.15, 0.2) is 5.65 Å². The summed E-state index contributed by atoms with van der Waals surface area (Å²) in [6, 6.07) is 8.54. The van der Waals surface area contributed by atoms with Crippen molar-refractivity contribution in [1.82, 2.24) is 24.4 Å². The van der Waals surface area contributed by atoms with Crippen LogP contribution in [-0.2, 0) is 7.05 Å². The molecule has 1 aromatic carbocycles. The minimum absolute atomic E-state index is 0. The van der Waals surface area contributed by atoms with Crippen LogP contribution in [0.2, 0.25) is 0 Å². The summed E-state index contributed by atoms with van der Waals surface area (Å²) in [6.45, 7) is 0. The van der Waals surface area contributed by atoms with Crippen LogP contribution in [-0.4, -0.2) is 43.2 Å². The maximum absolute atomic E-state index is 14.2. The second-order valence-corrected chi connectivity index (χ2v) is 6.07. The van der Waals surface area contributed by atoms with Gasteiger partial charge in [-0.2, -0.15) is 10.2 Å². The number of fused-ring (bicyclic) bond motifs is 1. The molecule has 0 fully saturated rings. The predicted octanol–water partition coefficient (Wildman–Crippen LogP) is 3.05. The van der Waals surface area contributed by atoms with E-state index in [4.69, 9.17) is 0 Å². The Kier molecular flexibility index (Phi) is 4.59. The van der Waals surface area contributed by atoms with Gasteiger partial charge in [-0.15, -0.1) is 0 Å². The Morgan fingerprint density at radius 1 is 1.17 bits per heavy atom. The summed E-state index contributed by atoms with van der Waals surface area (Å²) in [5, 5.41) is 8.70. The Balaban J connectivity index is 0.00000169. The molecule has 0 saturated heterocycles. The zero-order valence-electron chi connectivity index (χ0n) is 12.1. The first-order chi connectivity index (χ1) is 11.1. The van der Waals surface area contributed by atoms with E-state index in [9.17, 15) is 4.39 Å². The van der Waals surface area contributed by atoms with Crippen LogP contribution >= 0.6 is 15.9 Å². The molecule has 0 amide bonds. The molecular weight excluding hydrogens is 368 g/mol. The van der Waals surface area contributed by atoms with Crippen LogP contribution in [0, 0.1) is 5.82 Å². The molecule has 0 bridgehead atoms. The normalized spacial score (nSPS) is 10.8. The summed E-state index contributed by atoms with van der Waals surface area (Å²) in [5.74, 6) is -0.328. The Hall–Kier alpha value is -1.94. The van der Waals surface area contributed by atoms with E-state index in [0.717, 1.165) is 11.3 Å². The van der Waals surface area contributed by atoms with Gasteiger partial charge in [-0.25, -0.2) is 13.9 Å². The van der Waals surface area contributed by atoms with Crippen LogP contribution < -0.4 is 0 Å². The molecule has 24 heavy (non-hydrogen) atoms. The molecule has 0 radical (unpaired) electrons. The van der Waals surface area contributed by atoms with E-state index in [2.05, 4.69) is 31.1 Å². The van der Waals surface area contributed by atoms with Crippen molar-refractivity contribution in [2.75, 3.05) is 0 Å². The van der Waals surface area contributed by atoms with Crippen molar-refractivity contribution in [1.29, 1.82) is 0 Å². The fourth-order valence-electron chi connectivity index (χ4n) is 2.50. The van der Waals surface area contributed by atoms with E-state index in [-0.39, 0.29) is 24.7 Å². The Bertz CT molecular complexity index is 1030. The van der Waals surface area contributed by atoms with Crippen LogP contribution in [0.3, 0.4) is 0 Å². The number of hydrogen-bond acceptors (Lipinski definition) is 3. The summed E-state index contributed by atoms with van der Waals surface area (Å²) in [7, 11) is 1.85. The maximum atomic E-state index is 14.2. The number of aryl methyl sites for hydroxylation is 1. The number of halogens is 2. The molecule has 116 valence electrons. The molecule has 0 unspecified atom stereocenters. The average Bonchev–Trinajstić information content (AvgIpc) is 3.12. The van der Waals surface area contributed by atoms with Gasteiger partial charge in [-0.1, -0.05) is 15.9 Å². The van der Waals surface area contributed by atoms with Crippen LogP contribution in [0.15, 0.2) is 53.4 Å². The Labute approximate surface area is 157 Å². The minimum atomic E-state index is -0.328. The van der Waals surface area contributed by atoms with Crippen LogP contribution in [0.25, 0.3) is 28.2 Å². The third-order valence-electron chi connectivity index (χ3n) is 3.57. The molecule has 0 spiro atoms. The molecule has 0 aliphatic heterocycles. The predicted molar refractivity (Wildman–Crippen MR) is 95.4 cm³/mol. The van der Waals surface area contributed by atoms with Crippen molar-refractivity contribution in [2.45, 2.75) is 0 Å². The van der Waals surface area contributed by atoms with Gasteiger partial charge in [-0.05, 0) is 24.3 Å². The Morgan fingerprint density at radius 3 is 2.71 bits per heavy atom. The van der Waals surface area contributed by atoms with Gasteiger partial charge in [0.2, 0.25) is 0 Å². The van der Waals surface area contributed by atoms with Crippen molar-refractivity contribution in [2.24, 2.45) is 7.05 Å². The van der Waals surface area contributed by atoms with E-state index in [1.165, 1.54) is 6.07 Å². The van der Waals surface area contributed by atoms with Gasteiger partial charge in [0, 0.05) is 41.1 Å². The SMILES string of the molecule is Cn1cc(-c2ccnc3cc(-c4ccc(Br)cc4F)nn23)cn1.[LiH]. The molecule has 5 nitrogen and oxygen atoms in total. The van der Waals surface area contributed by atoms with Crippen LogP contribution in [0.5, 0.6) is 0 Å². The third-order valence-corrected chi connectivity index (χ3v) is 4.06. The molecule has 0 aliphatic carbocycles. The van der Waals surface area contributed by atoms with Crippen molar-refractivity contribution < 1.29 is 4.39 Å². The first-order valence-corrected chi connectivity index (χ1v) is 7.70. The van der Waals surface area contributed by atoms with E-state index in [0.29, 0.717) is 21.4 Å². The molecule has 0 N–H and O–H groups in total. The fraction of sp³-hybridized carbons (Fsp3) is 0.0625. The summed E-state index contributed by atoms with van der Waals surface area (Å²) in [6.07, 6.45) is 5.37. The van der Waals surface area contributed by atoms with Crippen LogP contribution in [0.1, 0.15) is 0 Å². The van der Waals surface area contributed by atoms with E-state index in [1.807, 2.05) is 19.3 Å². The first kappa shape index (κ1) is 16.9. The fourth-order valence-corrected chi connectivity index (χ4v) is 2.83. The average molecular weight is 380 g/mol. The molecule has 3 heterocycles. The number of rotatable bonds is 2. The summed E-state index contributed by atoms with van der Waals surface area (Å²) < 4.78 is 18.3. The van der Waals surface area contributed by atoms with Gasteiger partial charge in [0.25, 0.3) is 0 Å². The molecule has 0 saturated carbocycles. The molecule has 3 aromatic heterocycles. The third kappa shape index (κ3) is 2.91. The molecule has 4 rings (SSSR count). The van der Waals surface area contributed by atoms with E-state index < -0.39 is 0 Å². The van der Waals surface area contributed by atoms with Gasteiger partial charge >= 0.3 is 18.9 Å². The van der Waals surface area contributed by atoms with Crippen molar-refractivity contribution in [3.8, 4) is 22.5 Å². The number of aromatic nitrogens is 5. The quantitative estimate of drug-likeness (QED) is 0.503. The van der Waals surface area contributed by atoms with Gasteiger partial charge in [-0.3, -0.25) is 4.68 Å². The molecule has 0 atom stereocenters. The second kappa shape index (κ2) is 6.52.